The average molecular weight is 203 g/mol. The fourth-order valence-electron chi connectivity index (χ4n) is 0. The summed E-state index contributed by atoms with van der Waals surface area (Å²) in [5.74, 6) is 0. The molecule has 0 fully saturated rings. The van der Waals surface area contributed by atoms with E-state index in [0.29, 0.717) is 24.7 Å². The molecule has 0 rings (SSSR count). The van der Waals surface area contributed by atoms with Crippen molar-refractivity contribution in [2.75, 3.05) is 0 Å². The van der Waals surface area contributed by atoms with Crippen LogP contribution in [0.15, 0.2) is 0 Å². The van der Waals surface area contributed by atoms with Crippen LogP contribution in [0.2, 0.25) is 0 Å². The summed E-state index contributed by atoms with van der Waals surface area (Å²) in [5.41, 5.74) is 0. The van der Waals surface area contributed by atoms with E-state index in [1.165, 1.54) is 0 Å². The molecule has 0 bridgehead atoms. The van der Waals surface area contributed by atoms with Crippen LogP contribution >= 0.6 is 0 Å². The van der Waals surface area contributed by atoms with Gasteiger partial charge < -0.3 is 19.2 Å². The molecule has 5 nitrogen and oxygen atoms in total. The first-order valence-electron chi connectivity index (χ1n) is 1.10. The van der Waals surface area contributed by atoms with Gasteiger partial charge in [-0.15, -0.1) is 0 Å². The molecule has 0 spiro atoms. The number of rotatable bonds is 0. The molecule has 42 valence electrons. The molecule has 4 N–H and O–H groups in total. The zero-order chi connectivity index (χ0) is 6.50. The Kier molecular flexibility index (Phi) is 7.45. The fourth-order valence-corrected chi connectivity index (χ4v) is 0. The van der Waals surface area contributed by atoms with Crippen LogP contribution in [0.5, 0.6) is 0 Å². The van der Waals surface area contributed by atoms with E-state index in [1.807, 2.05) is 0 Å². The van der Waals surface area contributed by atoms with Gasteiger partial charge in [-0.3, -0.25) is 0 Å². The Balaban J connectivity index is 0. The van der Waals surface area contributed by atoms with E-state index in [2.05, 4.69) is 0 Å². The van der Waals surface area contributed by atoms with Gasteiger partial charge in [-0.1, -0.05) is 0 Å². The van der Waals surface area contributed by atoms with Crippen molar-refractivity contribution in [2.24, 2.45) is 0 Å². The Labute approximate surface area is 56.0 Å². The van der Waals surface area contributed by atoms with Gasteiger partial charge in [-0.2, -0.15) is 0 Å². The molecule has 0 aliphatic carbocycles. The summed E-state index contributed by atoms with van der Waals surface area (Å²) in [6.45, 7) is 0. The molecule has 0 aromatic rings. The Morgan fingerprint density at radius 3 is 1.00 bits per heavy atom. The number of hydrogen-bond donors (Lipinski definition) is 4. The molecule has 0 aliphatic heterocycles. The molecule has 0 saturated heterocycles. The van der Waals surface area contributed by atoms with E-state index < -0.39 is 9.05 Å². The third-order valence-corrected chi connectivity index (χ3v) is 0. The van der Waals surface area contributed by atoms with Crippen molar-refractivity contribution in [1.82, 2.24) is 0 Å². The van der Waals surface area contributed by atoms with Crippen molar-refractivity contribution in [3.05, 3.63) is 0 Å². The zero-order valence-electron chi connectivity index (χ0n) is 3.20. The van der Waals surface area contributed by atoms with Gasteiger partial charge in [-0.05, 0) is 0 Å². The molecule has 0 aromatic carbocycles. The molecule has 7 heavy (non-hydrogen) atoms. The van der Waals surface area contributed by atoms with Crippen LogP contribution in [0.4, 0.5) is 0 Å². The predicted molar refractivity (Wildman–Crippen MR) is 15.3 cm³/mol. The average Bonchev–Trinajstić information content (AvgIpc) is 1.36. The molecule has 0 atom stereocenters. The van der Waals surface area contributed by atoms with Crippen LogP contribution < -0.4 is 0 Å². The Hall–Kier alpha value is 0.740. The molecule has 0 amide bonds. The summed E-state index contributed by atoms with van der Waals surface area (Å²) in [6.07, 6.45) is 0. The summed E-state index contributed by atoms with van der Waals surface area (Å²) >= 11 is 0.300. The quantitative estimate of drug-likeness (QED) is 0.320. The Morgan fingerprint density at radius 1 is 1.00 bits per heavy atom. The van der Waals surface area contributed by atoms with E-state index in [1.54, 1.807) is 0 Å². The van der Waals surface area contributed by atoms with E-state index in [9.17, 15) is 0 Å². The topological polar surface area (TPSA) is 98.0 Å². The van der Waals surface area contributed by atoms with E-state index in [-0.39, 0.29) is 0 Å². The van der Waals surface area contributed by atoms with Crippen molar-refractivity contribution >= 4 is 9.05 Å². The van der Waals surface area contributed by atoms with Crippen LogP contribution in [0.1, 0.15) is 0 Å². The maximum atomic E-state index is 8.34. The van der Waals surface area contributed by atoms with Gasteiger partial charge in [0.05, 0.1) is 0 Å². The first-order valence-corrected chi connectivity index (χ1v) is 3.89. The van der Waals surface area contributed by atoms with Crippen molar-refractivity contribution in [3.63, 3.8) is 0 Å². The van der Waals surface area contributed by atoms with Gasteiger partial charge in [0.2, 0.25) is 0 Å². The standard InChI is InChI=1S/H4O4Si.O.Zr/c1-5(2,3)4;;/h1-4H;;. The molecule has 7 heteroatoms. The van der Waals surface area contributed by atoms with Crippen molar-refractivity contribution in [2.45, 2.75) is 0 Å². The number of hydrogen-bond acceptors (Lipinski definition) is 5. The first kappa shape index (κ1) is 10.7. The minimum atomic E-state index is -4.61. The van der Waals surface area contributed by atoms with E-state index in [0.717, 1.165) is 0 Å². The summed E-state index contributed by atoms with van der Waals surface area (Å²) in [5, 5.41) is 0. The second-order valence-electron chi connectivity index (χ2n) is 0.600. The third-order valence-electron chi connectivity index (χ3n) is 0. The van der Waals surface area contributed by atoms with Crippen LogP contribution in [0.3, 0.4) is 0 Å². The molecule has 0 unspecified atom stereocenters. The van der Waals surface area contributed by atoms with Gasteiger partial charge in [0, 0.05) is 0 Å². The molecule has 0 aromatic heterocycles. The second kappa shape index (κ2) is 4.89. The molecule has 0 radical (unpaired) electrons. The first-order chi connectivity index (χ1) is 3.00. The van der Waals surface area contributed by atoms with Gasteiger partial charge >= 0.3 is 36.6 Å². The molecular weight excluding hydrogens is 199 g/mol. The Bertz CT molecular complexity index is 31.8. The summed E-state index contributed by atoms with van der Waals surface area (Å²) in [4.78, 5) is 29.3. The van der Waals surface area contributed by atoms with Crippen LogP contribution in [0.25, 0.3) is 0 Å². The normalized spacial score (nSPS) is 9.00. The molecule has 0 aliphatic rings. The molecule has 0 heterocycles. The van der Waals surface area contributed by atoms with Crippen LogP contribution in [-0.4, -0.2) is 28.2 Å². The summed E-state index contributed by atoms with van der Waals surface area (Å²) < 4.78 is 8.34. The maximum absolute atomic E-state index is 8.34. The summed E-state index contributed by atoms with van der Waals surface area (Å²) in [7, 11) is -4.61. The second-order valence-corrected chi connectivity index (χ2v) is 1.80. The SMILES string of the molecule is O[Si](O)(O)O.[O]=[Zr]. The Morgan fingerprint density at radius 2 is 1.00 bits per heavy atom. The van der Waals surface area contributed by atoms with Crippen molar-refractivity contribution in [1.29, 1.82) is 0 Å². The fraction of sp³-hybridized carbons (Fsp3) is 0. The van der Waals surface area contributed by atoms with E-state index in [4.69, 9.17) is 22.0 Å². The monoisotopic (exact) mass is 202 g/mol. The van der Waals surface area contributed by atoms with Gasteiger partial charge in [0.15, 0.2) is 0 Å². The van der Waals surface area contributed by atoms with Crippen molar-refractivity contribution in [3.8, 4) is 0 Å². The van der Waals surface area contributed by atoms with Gasteiger partial charge in [0.1, 0.15) is 0 Å². The van der Waals surface area contributed by atoms with Crippen LogP contribution in [0, 0.1) is 0 Å². The van der Waals surface area contributed by atoms with E-state index >= 15 is 0 Å². The zero-order valence-corrected chi connectivity index (χ0v) is 6.66. The van der Waals surface area contributed by atoms with Gasteiger partial charge in [-0.25, -0.2) is 0 Å². The third kappa shape index (κ3) is 277. The molecule has 0 saturated carbocycles. The van der Waals surface area contributed by atoms with Crippen molar-refractivity contribution < 1.29 is 46.7 Å². The van der Waals surface area contributed by atoms with Crippen LogP contribution in [-0.2, 0) is 27.5 Å². The summed E-state index contributed by atoms with van der Waals surface area (Å²) in [6, 6.07) is 0. The van der Waals surface area contributed by atoms with Gasteiger partial charge in [0.25, 0.3) is 0 Å². The predicted octanol–water partition coefficient (Wildman–Crippen LogP) is -2.73. The minimum absolute atomic E-state index is 0.300. The molecular formula is H4O5SiZr.